The molecule has 2 aromatic rings. The minimum atomic E-state index is -0.266. The summed E-state index contributed by atoms with van der Waals surface area (Å²) in [6.45, 7) is 4.10. The molecule has 1 aromatic carbocycles. The molecule has 0 unspecified atom stereocenters. The molecule has 2 heterocycles. The maximum Gasteiger partial charge on any atom is 0.234 e. The molecule has 1 N–H and O–H groups in total. The molecule has 5 nitrogen and oxygen atoms in total. The summed E-state index contributed by atoms with van der Waals surface area (Å²) in [6, 6.07) is 6.36. The first-order valence-electron chi connectivity index (χ1n) is 7.46. The molecule has 116 valence electrons. The first kappa shape index (κ1) is 14.7. The van der Waals surface area contributed by atoms with Crippen molar-refractivity contribution in [1.82, 2.24) is 15.3 Å². The normalized spacial score (nSPS) is 15.4. The van der Waals surface area contributed by atoms with E-state index >= 15 is 0 Å². The average Bonchev–Trinajstić information content (AvgIpc) is 2.83. The maximum absolute atomic E-state index is 13.1. The predicted octanol–water partition coefficient (Wildman–Crippen LogP) is 1.99. The van der Waals surface area contributed by atoms with Crippen LogP contribution in [0, 0.1) is 5.82 Å². The Morgan fingerprint density at radius 2 is 2.18 bits per heavy atom. The SMILES string of the molecule is Fc1cccc(COc2cncc(N3CCCNCC3)n2)c1. The molecule has 0 bridgehead atoms. The van der Waals surface area contributed by atoms with Crippen LogP contribution >= 0.6 is 0 Å². The molecule has 1 aliphatic heterocycles. The van der Waals surface area contributed by atoms with E-state index in [9.17, 15) is 4.39 Å². The first-order valence-corrected chi connectivity index (χ1v) is 7.46. The molecule has 0 spiro atoms. The van der Waals surface area contributed by atoms with Crippen molar-refractivity contribution in [2.24, 2.45) is 0 Å². The van der Waals surface area contributed by atoms with Crippen molar-refractivity contribution in [2.75, 3.05) is 31.1 Å². The van der Waals surface area contributed by atoms with E-state index in [-0.39, 0.29) is 12.4 Å². The lowest BCUT2D eigenvalue weighted by Crippen LogP contribution is -2.28. The van der Waals surface area contributed by atoms with Gasteiger partial charge in [0.1, 0.15) is 12.4 Å². The Kier molecular flexibility index (Phi) is 4.80. The summed E-state index contributed by atoms with van der Waals surface area (Å²) >= 11 is 0. The smallest absolute Gasteiger partial charge is 0.234 e. The van der Waals surface area contributed by atoms with Gasteiger partial charge in [-0.3, -0.25) is 4.98 Å². The monoisotopic (exact) mass is 302 g/mol. The van der Waals surface area contributed by atoms with Crippen LogP contribution in [0.1, 0.15) is 12.0 Å². The van der Waals surface area contributed by atoms with Gasteiger partial charge < -0.3 is 15.0 Å². The quantitative estimate of drug-likeness (QED) is 0.936. The summed E-state index contributed by atoms with van der Waals surface area (Å²) in [5, 5.41) is 3.36. The molecule has 0 aliphatic carbocycles. The molecule has 1 saturated heterocycles. The Hall–Kier alpha value is -2.21. The lowest BCUT2D eigenvalue weighted by Gasteiger charge is -2.20. The van der Waals surface area contributed by atoms with Crippen LogP contribution in [0.3, 0.4) is 0 Å². The van der Waals surface area contributed by atoms with Crippen LogP contribution in [0.25, 0.3) is 0 Å². The molecule has 1 fully saturated rings. The summed E-state index contributed by atoms with van der Waals surface area (Å²) in [5.74, 6) is 1.01. The average molecular weight is 302 g/mol. The van der Waals surface area contributed by atoms with Gasteiger partial charge in [-0.05, 0) is 30.7 Å². The molecule has 0 saturated carbocycles. The van der Waals surface area contributed by atoms with Gasteiger partial charge in [-0.25, -0.2) is 4.39 Å². The Balaban J connectivity index is 1.65. The van der Waals surface area contributed by atoms with E-state index < -0.39 is 0 Å². The van der Waals surface area contributed by atoms with E-state index in [1.165, 1.54) is 12.1 Å². The van der Waals surface area contributed by atoms with Crippen LogP contribution in [-0.2, 0) is 6.61 Å². The number of aromatic nitrogens is 2. The van der Waals surface area contributed by atoms with E-state index in [0.29, 0.717) is 5.88 Å². The highest BCUT2D eigenvalue weighted by Crippen LogP contribution is 2.16. The van der Waals surface area contributed by atoms with Crippen molar-refractivity contribution in [3.8, 4) is 5.88 Å². The fraction of sp³-hybridized carbons (Fsp3) is 0.375. The standard InChI is InChI=1S/C16H19FN4O/c17-14-4-1-3-13(9-14)12-22-16-11-19-10-15(20-16)21-7-2-5-18-6-8-21/h1,3-4,9-11,18H,2,5-8,12H2. The second kappa shape index (κ2) is 7.17. The highest BCUT2D eigenvalue weighted by molar-refractivity contribution is 5.37. The van der Waals surface area contributed by atoms with Crippen molar-refractivity contribution in [2.45, 2.75) is 13.0 Å². The highest BCUT2D eigenvalue weighted by Gasteiger charge is 2.12. The number of halogens is 1. The Morgan fingerprint density at radius 3 is 3.09 bits per heavy atom. The van der Waals surface area contributed by atoms with Gasteiger partial charge in [0.05, 0.1) is 12.4 Å². The van der Waals surface area contributed by atoms with Gasteiger partial charge in [0.2, 0.25) is 5.88 Å². The van der Waals surface area contributed by atoms with E-state index in [1.807, 2.05) is 6.07 Å². The van der Waals surface area contributed by atoms with Crippen molar-refractivity contribution >= 4 is 5.82 Å². The second-order valence-electron chi connectivity index (χ2n) is 5.22. The lowest BCUT2D eigenvalue weighted by atomic mass is 10.2. The van der Waals surface area contributed by atoms with Crippen molar-refractivity contribution in [3.63, 3.8) is 0 Å². The maximum atomic E-state index is 13.1. The zero-order chi connectivity index (χ0) is 15.2. The van der Waals surface area contributed by atoms with Gasteiger partial charge in [-0.2, -0.15) is 4.98 Å². The van der Waals surface area contributed by atoms with Crippen molar-refractivity contribution in [3.05, 3.63) is 48.0 Å². The number of rotatable bonds is 4. The summed E-state index contributed by atoms with van der Waals surface area (Å²) in [4.78, 5) is 10.9. The van der Waals surface area contributed by atoms with E-state index in [1.54, 1.807) is 18.5 Å². The van der Waals surface area contributed by atoms with Crippen LogP contribution in [-0.4, -0.2) is 36.1 Å². The number of hydrogen-bond acceptors (Lipinski definition) is 5. The molecular formula is C16H19FN4O. The Morgan fingerprint density at radius 1 is 1.23 bits per heavy atom. The molecule has 3 rings (SSSR count). The molecule has 22 heavy (non-hydrogen) atoms. The van der Waals surface area contributed by atoms with Gasteiger partial charge >= 0.3 is 0 Å². The molecule has 6 heteroatoms. The molecule has 1 aliphatic rings. The largest absolute Gasteiger partial charge is 0.472 e. The zero-order valence-corrected chi connectivity index (χ0v) is 12.3. The Bertz CT molecular complexity index is 615. The fourth-order valence-electron chi connectivity index (χ4n) is 2.42. The number of benzene rings is 1. The third-order valence-corrected chi connectivity index (χ3v) is 3.54. The third-order valence-electron chi connectivity index (χ3n) is 3.54. The van der Waals surface area contributed by atoms with Crippen LogP contribution in [0.4, 0.5) is 10.2 Å². The number of nitrogens with zero attached hydrogens (tertiary/aromatic N) is 3. The number of ether oxygens (including phenoxy) is 1. The molecular weight excluding hydrogens is 283 g/mol. The lowest BCUT2D eigenvalue weighted by molar-refractivity contribution is 0.292. The highest BCUT2D eigenvalue weighted by atomic mass is 19.1. The third kappa shape index (κ3) is 3.92. The van der Waals surface area contributed by atoms with Crippen molar-refractivity contribution < 1.29 is 9.13 Å². The van der Waals surface area contributed by atoms with Gasteiger partial charge in [0.25, 0.3) is 0 Å². The van der Waals surface area contributed by atoms with E-state index in [0.717, 1.165) is 44.0 Å². The summed E-state index contributed by atoms with van der Waals surface area (Å²) in [7, 11) is 0. The molecule has 0 atom stereocenters. The molecule has 1 aromatic heterocycles. The van der Waals surface area contributed by atoms with E-state index in [2.05, 4.69) is 20.2 Å². The van der Waals surface area contributed by atoms with Gasteiger partial charge in [-0.15, -0.1) is 0 Å². The van der Waals surface area contributed by atoms with Crippen LogP contribution in [0.2, 0.25) is 0 Å². The minimum absolute atomic E-state index is 0.266. The molecule has 0 amide bonds. The predicted molar refractivity (Wildman–Crippen MR) is 82.5 cm³/mol. The summed E-state index contributed by atoms with van der Waals surface area (Å²) in [5.41, 5.74) is 0.770. The van der Waals surface area contributed by atoms with Gasteiger partial charge in [-0.1, -0.05) is 12.1 Å². The van der Waals surface area contributed by atoms with Crippen LogP contribution in [0.5, 0.6) is 5.88 Å². The van der Waals surface area contributed by atoms with E-state index in [4.69, 9.17) is 4.74 Å². The number of nitrogens with one attached hydrogen (secondary N) is 1. The van der Waals surface area contributed by atoms with Crippen LogP contribution in [0.15, 0.2) is 36.7 Å². The summed E-state index contributed by atoms with van der Waals surface area (Å²) in [6.07, 6.45) is 4.41. The van der Waals surface area contributed by atoms with Gasteiger partial charge in [0, 0.05) is 19.6 Å². The number of anilines is 1. The topological polar surface area (TPSA) is 50.3 Å². The minimum Gasteiger partial charge on any atom is -0.472 e. The fourth-order valence-corrected chi connectivity index (χ4v) is 2.42. The van der Waals surface area contributed by atoms with Crippen molar-refractivity contribution in [1.29, 1.82) is 0 Å². The molecule has 0 radical (unpaired) electrons. The summed E-state index contributed by atoms with van der Waals surface area (Å²) < 4.78 is 18.8. The Labute approximate surface area is 129 Å². The zero-order valence-electron chi connectivity index (χ0n) is 12.3. The van der Waals surface area contributed by atoms with Gasteiger partial charge in [0.15, 0.2) is 5.82 Å². The second-order valence-corrected chi connectivity index (χ2v) is 5.22. The first-order chi connectivity index (χ1) is 10.8. The number of hydrogen-bond donors (Lipinski definition) is 1. The van der Waals surface area contributed by atoms with Crippen LogP contribution < -0.4 is 15.0 Å².